The second-order valence-electron chi connectivity index (χ2n) is 6.42. The Labute approximate surface area is 160 Å². The summed E-state index contributed by atoms with van der Waals surface area (Å²) in [7, 11) is 1.95. The molecule has 0 aliphatic carbocycles. The maximum Gasteiger partial charge on any atom is 0.153 e. The van der Waals surface area contributed by atoms with Crippen LogP contribution in [-0.4, -0.2) is 31.2 Å². The van der Waals surface area contributed by atoms with E-state index in [4.69, 9.17) is 4.74 Å². The SMILES string of the molecule is Cn1ncc2cccc(NSc3ccc(-n4cc5c(n4)CCOC5)nc3)c21. The van der Waals surface area contributed by atoms with E-state index in [2.05, 4.69) is 32.0 Å². The summed E-state index contributed by atoms with van der Waals surface area (Å²) in [5.74, 6) is 0.808. The van der Waals surface area contributed by atoms with Crippen molar-refractivity contribution < 1.29 is 4.74 Å². The van der Waals surface area contributed by atoms with Crippen LogP contribution in [0.15, 0.2) is 53.8 Å². The largest absolute Gasteiger partial charge is 0.376 e. The van der Waals surface area contributed by atoms with Crippen LogP contribution in [0.2, 0.25) is 0 Å². The molecule has 5 rings (SSSR count). The number of pyridine rings is 1. The first-order valence-electron chi connectivity index (χ1n) is 8.73. The van der Waals surface area contributed by atoms with Gasteiger partial charge < -0.3 is 9.46 Å². The number of aryl methyl sites for hydroxylation is 1. The van der Waals surface area contributed by atoms with Crippen LogP contribution in [0.3, 0.4) is 0 Å². The van der Waals surface area contributed by atoms with Gasteiger partial charge in [0.2, 0.25) is 0 Å². The minimum atomic E-state index is 0.632. The van der Waals surface area contributed by atoms with Crippen molar-refractivity contribution in [2.75, 3.05) is 11.3 Å². The number of benzene rings is 1. The fourth-order valence-corrected chi connectivity index (χ4v) is 3.88. The van der Waals surface area contributed by atoms with E-state index in [0.717, 1.165) is 51.6 Å². The molecule has 1 N–H and O–H groups in total. The van der Waals surface area contributed by atoms with E-state index in [1.165, 1.54) is 11.9 Å². The Balaban J connectivity index is 1.33. The van der Waals surface area contributed by atoms with Crippen LogP contribution in [0.4, 0.5) is 5.69 Å². The van der Waals surface area contributed by atoms with Crippen molar-refractivity contribution in [2.45, 2.75) is 17.9 Å². The van der Waals surface area contributed by atoms with Crippen molar-refractivity contribution in [1.82, 2.24) is 24.5 Å². The van der Waals surface area contributed by atoms with Gasteiger partial charge in [-0.3, -0.25) is 4.68 Å². The van der Waals surface area contributed by atoms with Gasteiger partial charge in [-0.1, -0.05) is 12.1 Å². The van der Waals surface area contributed by atoms with Gasteiger partial charge in [-0.2, -0.15) is 10.2 Å². The maximum absolute atomic E-state index is 5.48. The molecule has 0 fully saturated rings. The first-order chi connectivity index (χ1) is 13.3. The summed E-state index contributed by atoms with van der Waals surface area (Å²) in [6, 6.07) is 10.2. The minimum Gasteiger partial charge on any atom is -0.376 e. The van der Waals surface area contributed by atoms with Crippen molar-refractivity contribution in [3.63, 3.8) is 0 Å². The molecule has 0 saturated heterocycles. The Morgan fingerprint density at radius 3 is 3.00 bits per heavy atom. The van der Waals surface area contributed by atoms with Crippen molar-refractivity contribution in [2.24, 2.45) is 7.05 Å². The average molecular weight is 378 g/mol. The summed E-state index contributed by atoms with van der Waals surface area (Å²) in [5.41, 5.74) is 4.36. The number of hydrogen-bond acceptors (Lipinski definition) is 6. The zero-order valence-electron chi connectivity index (χ0n) is 14.8. The van der Waals surface area contributed by atoms with Crippen LogP contribution in [0, 0.1) is 0 Å². The summed E-state index contributed by atoms with van der Waals surface area (Å²) < 4.78 is 12.6. The number of anilines is 1. The lowest BCUT2D eigenvalue weighted by Crippen LogP contribution is -2.08. The molecule has 0 radical (unpaired) electrons. The van der Waals surface area contributed by atoms with E-state index in [9.17, 15) is 0 Å². The fourth-order valence-electron chi connectivity index (χ4n) is 3.24. The molecular formula is C19H18N6OS. The van der Waals surface area contributed by atoms with Crippen molar-refractivity contribution in [3.8, 4) is 5.82 Å². The summed E-state index contributed by atoms with van der Waals surface area (Å²) >= 11 is 1.53. The Bertz CT molecular complexity index is 1080. The molecule has 0 amide bonds. The van der Waals surface area contributed by atoms with E-state index in [1.807, 2.05) is 53.2 Å². The monoisotopic (exact) mass is 378 g/mol. The number of aromatic nitrogens is 5. The Morgan fingerprint density at radius 2 is 2.15 bits per heavy atom. The Hall–Kier alpha value is -2.84. The molecule has 0 bridgehead atoms. The summed E-state index contributed by atoms with van der Waals surface area (Å²) in [5, 5.41) is 10.1. The summed E-state index contributed by atoms with van der Waals surface area (Å²) in [6.45, 7) is 1.37. The van der Waals surface area contributed by atoms with Gasteiger partial charge in [-0.05, 0) is 30.1 Å². The van der Waals surface area contributed by atoms with Gasteiger partial charge in [-0.15, -0.1) is 0 Å². The first-order valence-corrected chi connectivity index (χ1v) is 9.55. The molecule has 0 spiro atoms. The molecule has 4 aromatic rings. The van der Waals surface area contributed by atoms with Crippen LogP contribution < -0.4 is 4.72 Å². The molecular weight excluding hydrogens is 360 g/mol. The highest BCUT2D eigenvalue weighted by atomic mass is 32.2. The van der Waals surface area contributed by atoms with E-state index >= 15 is 0 Å². The van der Waals surface area contributed by atoms with Crippen LogP contribution >= 0.6 is 11.9 Å². The van der Waals surface area contributed by atoms with E-state index < -0.39 is 0 Å². The molecule has 27 heavy (non-hydrogen) atoms. The normalized spacial score (nSPS) is 13.7. The van der Waals surface area contributed by atoms with Gasteiger partial charge in [0.15, 0.2) is 5.82 Å². The molecule has 7 nitrogen and oxygen atoms in total. The number of ether oxygens (including phenoxy) is 1. The third-order valence-corrected chi connectivity index (χ3v) is 5.41. The number of hydrogen-bond donors (Lipinski definition) is 1. The van der Waals surface area contributed by atoms with Crippen LogP contribution in [0.5, 0.6) is 0 Å². The van der Waals surface area contributed by atoms with Gasteiger partial charge in [0, 0.05) is 41.7 Å². The van der Waals surface area contributed by atoms with Crippen molar-refractivity contribution in [3.05, 3.63) is 60.2 Å². The second kappa shape index (κ2) is 6.71. The number of rotatable bonds is 4. The molecule has 0 saturated carbocycles. The average Bonchev–Trinajstić information content (AvgIpc) is 3.31. The predicted octanol–water partition coefficient (Wildman–Crippen LogP) is 3.35. The predicted molar refractivity (Wildman–Crippen MR) is 105 cm³/mol. The van der Waals surface area contributed by atoms with Gasteiger partial charge in [0.25, 0.3) is 0 Å². The van der Waals surface area contributed by atoms with Gasteiger partial charge in [0.1, 0.15) is 0 Å². The fraction of sp³-hybridized carbons (Fsp3) is 0.211. The van der Waals surface area contributed by atoms with Crippen molar-refractivity contribution >= 4 is 28.5 Å². The molecule has 1 aliphatic heterocycles. The van der Waals surface area contributed by atoms with E-state index in [-0.39, 0.29) is 0 Å². The minimum absolute atomic E-state index is 0.632. The molecule has 0 unspecified atom stereocenters. The lowest BCUT2D eigenvalue weighted by Gasteiger charge is -2.08. The molecule has 8 heteroatoms. The Morgan fingerprint density at radius 1 is 1.19 bits per heavy atom. The molecule has 0 atom stereocenters. The second-order valence-corrected chi connectivity index (χ2v) is 7.30. The zero-order valence-corrected chi connectivity index (χ0v) is 15.6. The molecule has 1 aromatic carbocycles. The van der Waals surface area contributed by atoms with Crippen LogP contribution in [0.25, 0.3) is 16.7 Å². The Kier molecular flexibility index (Phi) is 4.06. The molecule has 4 heterocycles. The lowest BCUT2D eigenvalue weighted by molar-refractivity contribution is 0.110. The third-order valence-electron chi connectivity index (χ3n) is 4.61. The van der Waals surface area contributed by atoms with Gasteiger partial charge in [-0.25, -0.2) is 9.67 Å². The first kappa shape index (κ1) is 16.3. The molecule has 1 aliphatic rings. The number of nitrogens with one attached hydrogen (secondary N) is 1. The van der Waals surface area contributed by atoms with E-state index in [1.54, 1.807) is 0 Å². The topological polar surface area (TPSA) is 69.8 Å². The zero-order chi connectivity index (χ0) is 18.2. The standard InChI is InChI=1S/C19H18N6OS/c1-24-19-13(9-21-24)3-2-4-17(19)23-27-15-5-6-18(20-10-15)25-11-14-12-26-8-7-16(14)22-25/h2-6,9-11,23H,7-8,12H2,1H3. The lowest BCUT2D eigenvalue weighted by atomic mass is 10.2. The molecule has 136 valence electrons. The highest BCUT2D eigenvalue weighted by Crippen LogP contribution is 2.27. The van der Waals surface area contributed by atoms with Gasteiger partial charge in [0.05, 0.1) is 36.3 Å². The highest BCUT2D eigenvalue weighted by molar-refractivity contribution is 8.00. The van der Waals surface area contributed by atoms with Gasteiger partial charge >= 0.3 is 0 Å². The smallest absolute Gasteiger partial charge is 0.153 e. The molecule has 3 aromatic heterocycles. The van der Waals surface area contributed by atoms with Crippen LogP contribution in [0.1, 0.15) is 11.3 Å². The summed E-state index contributed by atoms with van der Waals surface area (Å²) in [4.78, 5) is 5.58. The van der Waals surface area contributed by atoms with Crippen LogP contribution in [-0.2, 0) is 24.8 Å². The number of fused-ring (bicyclic) bond motifs is 2. The van der Waals surface area contributed by atoms with Crippen molar-refractivity contribution in [1.29, 1.82) is 0 Å². The quantitative estimate of drug-likeness (QED) is 0.549. The highest BCUT2D eigenvalue weighted by Gasteiger charge is 2.15. The number of para-hydroxylation sites is 1. The summed E-state index contributed by atoms with van der Waals surface area (Å²) in [6.07, 6.45) is 6.59. The third kappa shape index (κ3) is 3.07. The maximum atomic E-state index is 5.48. The van der Waals surface area contributed by atoms with E-state index in [0.29, 0.717) is 6.61 Å². The number of nitrogens with zero attached hydrogens (tertiary/aromatic N) is 5.